The zero-order valence-electron chi connectivity index (χ0n) is 9.94. The first-order valence-electron chi connectivity index (χ1n) is 4.64. The van der Waals surface area contributed by atoms with Gasteiger partial charge in [0, 0.05) is 0 Å². The number of alkyl halides is 12. The molecule has 18 heteroatoms. The van der Waals surface area contributed by atoms with Gasteiger partial charge in [0.2, 0.25) is 0 Å². The Bertz CT molecular complexity index is 411. The van der Waals surface area contributed by atoms with E-state index in [9.17, 15) is 70.6 Å². The first-order valence-corrected chi connectivity index (χ1v) is 4.64. The molecule has 0 saturated heterocycles. The summed E-state index contributed by atoms with van der Waals surface area (Å²) in [6.45, 7) is 0. The first kappa shape index (κ1) is 22.8. The number of hydrogen-bond acceptors (Lipinski definition) is 2. The van der Waals surface area contributed by atoms with Gasteiger partial charge in [0.15, 0.2) is 0 Å². The van der Waals surface area contributed by atoms with E-state index in [4.69, 9.17) is 0 Å². The van der Waals surface area contributed by atoms with Gasteiger partial charge in [-0.05, 0) is 0 Å². The third-order valence-electron chi connectivity index (χ3n) is 2.36. The molecule has 0 rings (SSSR count). The highest BCUT2D eigenvalue weighted by Crippen LogP contribution is 2.61. The van der Waals surface area contributed by atoms with Crippen molar-refractivity contribution in [1.82, 2.24) is 10.7 Å². The van der Waals surface area contributed by atoms with Crippen LogP contribution in [0.25, 0.3) is 0 Å². The van der Waals surface area contributed by atoms with E-state index in [1.165, 1.54) is 0 Å². The second-order valence-corrected chi connectivity index (χ2v) is 3.85. The molecule has 0 aromatic carbocycles. The predicted octanol–water partition coefficient (Wildman–Crippen LogP) is 4.86. The maximum atomic E-state index is 12.7. The summed E-state index contributed by atoms with van der Waals surface area (Å²) in [6, 6.07) is -15.1. The lowest BCUT2D eigenvalue weighted by atomic mass is 9.96. The largest absolute Gasteiger partial charge is 0.426 e. The number of rotatable bonds is 7. The molecular weight excluding hydrogens is 404 g/mol. The molecule has 0 atom stereocenters. The van der Waals surface area contributed by atoms with Crippen LogP contribution in [0.1, 0.15) is 0 Å². The van der Waals surface area contributed by atoms with Crippen molar-refractivity contribution in [2.75, 3.05) is 0 Å². The molecule has 24 heavy (non-hydrogen) atoms. The van der Waals surface area contributed by atoms with Crippen molar-refractivity contribution < 1.29 is 70.6 Å². The monoisotopic (exact) mass is 404 g/mol. The van der Waals surface area contributed by atoms with Crippen LogP contribution >= 0.6 is 0 Å². The predicted molar refractivity (Wildman–Crippen MR) is 37.8 cm³/mol. The van der Waals surface area contributed by atoms with Crippen molar-refractivity contribution in [3.05, 3.63) is 0 Å². The van der Waals surface area contributed by atoms with Crippen molar-refractivity contribution in [3.8, 4) is 0 Å². The van der Waals surface area contributed by atoms with Crippen LogP contribution in [0.2, 0.25) is 0 Å². The SMILES string of the molecule is FN(F)C(F)(F)C(F)(F)C(F)(F)C(F)(F)C(F)(F)C(F)(F)N(F)F. The third kappa shape index (κ3) is 2.62. The van der Waals surface area contributed by atoms with Crippen LogP contribution in [0.4, 0.5) is 70.6 Å². The summed E-state index contributed by atoms with van der Waals surface area (Å²) >= 11 is 0. The van der Waals surface area contributed by atoms with E-state index in [0.29, 0.717) is 0 Å². The van der Waals surface area contributed by atoms with E-state index in [1.54, 1.807) is 0 Å². The summed E-state index contributed by atoms with van der Waals surface area (Å²) in [7, 11) is 0. The van der Waals surface area contributed by atoms with Crippen LogP contribution in [-0.4, -0.2) is 46.5 Å². The van der Waals surface area contributed by atoms with Gasteiger partial charge in [-0.1, -0.05) is 17.9 Å². The maximum absolute atomic E-state index is 12.7. The van der Waals surface area contributed by atoms with Gasteiger partial charge >= 0.3 is 35.8 Å². The molecule has 0 unspecified atom stereocenters. The molecule has 0 aliphatic carbocycles. The molecule has 0 aliphatic heterocycles. The molecule has 0 heterocycles. The number of hydrogen-bond donors (Lipinski definition) is 0. The van der Waals surface area contributed by atoms with E-state index in [0.717, 1.165) is 0 Å². The smallest absolute Gasteiger partial charge is 0.192 e. The molecule has 146 valence electrons. The zero-order valence-corrected chi connectivity index (χ0v) is 9.94. The third-order valence-corrected chi connectivity index (χ3v) is 2.36. The quantitative estimate of drug-likeness (QED) is 0.340. The fourth-order valence-electron chi connectivity index (χ4n) is 0.984. The van der Waals surface area contributed by atoms with Crippen LogP contribution in [0.15, 0.2) is 0 Å². The van der Waals surface area contributed by atoms with Gasteiger partial charge in [-0.2, -0.15) is 52.7 Å². The van der Waals surface area contributed by atoms with E-state index in [-0.39, 0.29) is 0 Å². The summed E-state index contributed by atoms with van der Waals surface area (Å²) in [5.74, 6) is -32.9. The fourth-order valence-corrected chi connectivity index (χ4v) is 0.984. The Hall–Kier alpha value is -1.20. The Morgan fingerprint density at radius 1 is 0.333 bits per heavy atom. The Balaban J connectivity index is 6.38. The normalized spacial score (nSPS) is 16.2. The van der Waals surface area contributed by atoms with Crippen LogP contribution < -0.4 is 0 Å². The second-order valence-electron chi connectivity index (χ2n) is 3.85. The fraction of sp³-hybridized carbons (Fsp3) is 1.00. The first-order chi connectivity index (χ1) is 10.1. The van der Waals surface area contributed by atoms with Gasteiger partial charge in [0.25, 0.3) is 0 Å². The Morgan fingerprint density at radius 2 is 0.500 bits per heavy atom. The van der Waals surface area contributed by atoms with E-state index in [2.05, 4.69) is 0 Å². The summed E-state index contributed by atoms with van der Waals surface area (Å²) in [4.78, 5) is 0. The molecule has 0 aromatic heterocycles. The molecule has 0 N–H and O–H groups in total. The Morgan fingerprint density at radius 3 is 0.625 bits per heavy atom. The lowest BCUT2D eigenvalue weighted by Gasteiger charge is -2.40. The second kappa shape index (κ2) is 5.67. The van der Waals surface area contributed by atoms with Crippen LogP contribution in [0.3, 0.4) is 0 Å². The summed E-state index contributed by atoms with van der Waals surface area (Å²) < 4.78 is 196. The number of halogens is 16. The molecule has 0 fully saturated rings. The lowest BCUT2D eigenvalue weighted by molar-refractivity contribution is -0.492. The topological polar surface area (TPSA) is 6.48 Å². The molecule has 0 spiro atoms. The summed E-state index contributed by atoms with van der Waals surface area (Å²) in [5, 5.41) is -8.19. The van der Waals surface area contributed by atoms with Gasteiger partial charge in [-0.25, -0.2) is 0 Å². The van der Waals surface area contributed by atoms with Gasteiger partial charge in [-0.3, -0.25) is 0 Å². The van der Waals surface area contributed by atoms with Crippen LogP contribution in [0.5, 0.6) is 0 Å². The molecule has 0 saturated carbocycles. The summed E-state index contributed by atoms with van der Waals surface area (Å²) in [6.07, 6.45) is 0. The average Bonchev–Trinajstić information content (AvgIpc) is 2.36. The molecule has 2 nitrogen and oxygen atoms in total. The average molecular weight is 404 g/mol. The van der Waals surface area contributed by atoms with Crippen molar-refractivity contribution in [2.45, 2.75) is 35.8 Å². The highest BCUT2D eigenvalue weighted by atomic mass is 19.4. The molecule has 0 aliphatic rings. The Labute approximate surface area is 118 Å². The van der Waals surface area contributed by atoms with Crippen molar-refractivity contribution in [1.29, 1.82) is 0 Å². The maximum Gasteiger partial charge on any atom is 0.426 e. The molecule has 0 amide bonds. The van der Waals surface area contributed by atoms with E-state index >= 15 is 0 Å². The van der Waals surface area contributed by atoms with E-state index in [1.807, 2.05) is 0 Å². The minimum Gasteiger partial charge on any atom is -0.192 e. The minimum atomic E-state index is -8.34. The molecular formula is C6F16N2. The molecule has 0 aromatic rings. The van der Waals surface area contributed by atoms with Crippen LogP contribution in [0, 0.1) is 0 Å². The van der Waals surface area contributed by atoms with Crippen molar-refractivity contribution in [2.24, 2.45) is 0 Å². The van der Waals surface area contributed by atoms with Gasteiger partial charge in [0.1, 0.15) is 0 Å². The minimum absolute atomic E-state index is 4.09. The van der Waals surface area contributed by atoms with E-state index < -0.39 is 46.5 Å². The zero-order chi connectivity index (χ0) is 20.2. The van der Waals surface area contributed by atoms with Gasteiger partial charge in [0.05, 0.1) is 10.7 Å². The van der Waals surface area contributed by atoms with Crippen molar-refractivity contribution >= 4 is 0 Å². The summed E-state index contributed by atoms with van der Waals surface area (Å²) in [5.41, 5.74) is 0. The standard InChI is InChI=1S/C6F16N2/c7-1(8,3(11,12)5(15,16)23(19)20)2(9,10)4(13,14)6(17,18)24(21)22. The van der Waals surface area contributed by atoms with Crippen LogP contribution in [-0.2, 0) is 0 Å². The number of nitrogens with zero attached hydrogens (tertiary/aromatic N) is 2. The van der Waals surface area contributed by atoms with Gasteiger partial charge in [-0.15, -0.1) is 0 Å². The highest BCUT2D eigenvalue weighted by molar-refractivity contribution is 5.09. The lowest BCUT2D eigenvalue weighted by Crippen LogP contribution is -2.72. The molecule has 0 bridgehead atoms. The van der Waals surface area contributed by atoms with Crippen molar-refractivity contribution in [3.63, 3.8) is 0 Å². The highest BCUT2D eigenvalue weighted by Gasteiger charge is 2.92. The Kier molecular flexibility index (Phi) is 5.38. The molecule has 0 radical (unpaired) electrons. The van der Waals surface area contributed by atoms with Gasteiger partial charge < -0.3 is 0 Å².